The van der Waals surface area contributed by atoms with E-state index in [1.165, 1.54) is 0 Å². The first-order chi connectivity index (χ1) is 11.4. The van der Waals surface area contributed by atoms with Gasteiger partial charge < -0.3 is 20.7 Å². The van der Waals surface area contributed by atoms with Crippen molar-refractivity contribution in [3.63, 3.8) is 0 Å². The minimum atomic E-state index is -0.761. The van der Waals surface area contributed by atoms with Gasteiger partial charge in [-0.05, 0) is 35.0 Å². The molecule has 9 heteroatoms. The third-order valence-corrected chi connectivity index (χ3v) is 3.39. The van der Waals surface area contributed by atoms with Gasteiger partial charge >= 0.3 is 5.97 Å². The third-order valence-electron chi connectivity index (χ3n) is 2.70. The summed E-state index contributed by atoms with van der Waals surface area (Å²) in [5, 5.41) is 7.20. The lowest BCUT2D eigenvalue weighted by atomic mass is 10.2. The highest BCUT2D eigenvalue weighted by molar-refractivity contribution is 9.10. The monoisotopic (exact) mass is 399 g/mol. The molecule has 8 nitrogen and oxygen atoms in total. The number of amides is 3. The van der Waals surface area contributed by atoms with Crippen LogP contribution in [0.25, 0.3) is 0 Å². The predicted octanol–water partition coefficient (Wildman–Crippen LogP) is -0.0256. The maximum Gasteiger partial charge on any atom is 0.325 e. The maximum atomic E-state index is 11.9. The fourth-order valence-electron chi connectivity index (χ4n) is 1.58. The first kappa shape index (κ1) is 19.6. The van der Waals surface area contributed by atoms with Gasteiger partial charge in [0.05, 0.1) is 12.1 Å². The average Bonchev–Trinajstić information content (AvgIpc) is 2.56. The SMILES string of the molecule is CCNC(=O)CNC(=O)COC(=O)CNC(=O)c1ccccc1Br. The molecule has 1 aromatic rings. The maximum absolute atomic E-state index is 11.9. The number of benzene rings is 1. The molecular weight excluding hydrogens is 382 g/mol. The van der Waals surface area contributed by atoms with Crippen molar-refractivity contribution >= 4 is 39.6 Å². The van der Waals surface area contributed by atoms with E-state index >= 15 is 0 Å². The average molecular weight is 400 g/mol. The van der Waals surface area contributed by atoms with Crippen LogP contribution >= 0.6 is 15.9 Å². The number of ether oxygens (including phenoxy) is 1. The Morgan fingerprint density at radius 3 is 2.38 bits per heavy atom. The number of carbonyl (C=O) groups is 4. The summed E-state index contributed by atoms with van der Waals surface area (Å²) in [6.07, 6.45) is 0. The fourth-order valence-corrected chi connectivity index (χ4v) is 2.04. The molecule has 0 bridgehead atoms. The minimum Gasteiger partial charge on any atom is -0.454 e. The van der Waals surface area contributed by atoms with Crippen molar-refractivity contribution in [2.24, 2.45) is 0 Å². The van der Waals surface area contributed by atoms with Crippen molar-refractivity contribution in [3.8, 4) is 0 Å². The number of hydrogen-bond donors (Lipinski definition) is 3. The smallest absolute Gasteiger partial charge is 0.325 e. The fraction of sp³-hybridized carbons (Fsp3) is 0.333. The van der Waals surface area contributed by atoms with Crippen LogP contribution in [0.1, 0.15) is 17.3 Å². The van der Waals surface area contributed by atoms with Crippen molar-refractivity contribution in [1.29, 1.82) is 0 Å². The summed E-state index contributed by atoms with van der Waals surface area (Å²) < 4.78 is 5.30. The van der Waals surface area contributed by atoms with E-state index in [4.69, 9.17) is 4.74 Å². The van der Waals surface area contributed by atoms with E-state index in [0.717, 1.165) is 0 Å². The second kappa shape index (κ2) is 10.4. The highest BCUT2D eigenvalue weighted by Gasteiger charge is 2.12. The van der Waals surface area contributed by atoms with E-state index in [-0.39, 0.29) is 19.0 Å². The Kier molecular flexibility index (Phi) is 8.48. The number of hydrogen-bond acceptors (Lipinski definition) is 5. The molecular formula is C15H18BrN3O5. The Morgan fingerprint density at radius 1 is 1.00 bits per heavy atom. The molecule has 0 unspecified atom stereocenters. The molecule has 3 N–H and O–H groups in total. The Hall–Kier alpha value is -2.42. The van der Waals surface area contributed by atoms with Gasteiger partial charge in [-0.1, -0.05) is 12.1 Å². The summed E-state index contributed by atoms with van der Waals surface area (Å²) in [4.78, 5) is 45.9. The van der Waals surface area contributed by atoms with Crippen LogP contribution in [0, 0.1) is 0 Å². The molecule has 0 saturated carbocycles. The molecule has 1 aromatic carbocycles. The molecule has 0 aliphatic rings. The van der Waals surface area contributed by atoms with E-state index in [2.05, 4.69) is 31.9 Å². The van der Waals surface area contributed by atoms with Crippen LogP contribution in [0.3, 0.4) is 0 Å². The molecule has 0 aromatic heterocycles. The molecule has 0 heterocycles. The van der Waals surface area contributed by atoms with Crippen molar-refractivity contribution in [2.45, 2.75) is 6.92 Å². The normalized spacial score (nSPS) is 9.75. The quantitative estimate of drug-likeness (QED) is 0.531. The van der Waals surface area contributed by atoms with Gasteiger partial charge in [0.15, 0.2) is 6.61 Å². The summed E-state index contributed by atoms with van der Waals surface area (Å²) in [5.41, 5.74) is 0.380. The van der Waals surface area contributed by atoms with Gasteiger partial charge in [0.1, 0.15) is 6.54 Å². The van der Waals surface area contributed by atoms with Crippen LogP contribution < -0.4 is 16.0 Å². The zero-order valence-electron chi connectivity index (χ0n) is 13.1. The van der Waals surface area contributed by atoms with Gasteiger partial charge in [-0.25, -0.2) is 0 Å². The van der Waals surface area contributed by atoms with E-state index in [0.29, 0.717) is 16.6 Å². The summed E-state index contributed by atoms with van der Waals surface area (Å²) >= 11 is 3.23. The van der Waals surface area contributed by atoms with Gasteiger partial charge in [-0.15, -0.1) is 0 Å². The third kappa shape index (κ3) is 7.23. The predicted molar refractivity (Wildman–Crippen MR) is 89.1 cm³/mol. The van der Waals surface area contributed by atoms with Gasteiger partial charge in [-0.2, -0.15) is 0 Å². The lowest BCUT2D eigenvalue weighted by molar-refractivity contribution is -0.147. The largest absolute Gasteiger partial charge is 0.454 e. The topological polar surface area (TPSA) is 114 Å². The van der Waals surface area contributed by atoms with Crippen LogP contribution in [0.15, 0.2) is 28.7 Å². The summed E-state index contributed by atoms with van der Waals surface area (Å²) in [6, 6.07) is 6.75. The number of esters is 1. The molecule has 0 fully saturated rings. The van der Waals surface area contributed by atoms with Crippen molar-refractivity contribution in [3.05, 3.63) is 34.3 Å². The van der Waals surface area contributed by atoms with Crippen LogP contribution in [0.4, 0.5) is 0 Å². The van der Waals surface area contributed by atoms with Crippen molar-refractivity contribution in [1.82, 2.24) is 16.0 Å². The van der Waals surface area contributed by atoms with Gasteiger partial charge in [0.25, 0.3) is 11.8 Å². The lowest BCUT2D eigenvalue weighted by Crippen LogP contribution is -2.39. The van der Waals surface area contributed by atoms with E-state index in [9.17, 15) is 19.2 Å². The first-order valence-electron chi connectivity index (χ1n) is 7.15. The summed E-state index contributed by atoms with van der Waals surface area (Å²) in [6.45, 7) is 1.13. The molecule has 3 amide bonds. The highest BCUT2D eigenvalue weighted by Crippen LogP contribution is 2.15. The molecule has 0 aliphatic heterocycles. The van der Waals surface area contributed by atoms with Gasteiger partial charge in [0.2, 0.25) is 5.91 Å². The second-order valence-corrected chi connectivity index (χ2v) is 5.41. The number of carbonyl (C=O) groups excluding carboxylic acids is 4. The standard InChI is InChI=1S/C15H18BrN3O5/c1-2-17-12(20)7-18-13(21)9-24-14(22)8-19-15(23)10-5-3-4-6-11(10)16/h3-6H,2,7-9H2,1H3,(H,17,20)(H,18,21)(H,19,23). The van der Waals surface area contributed by atoms with Gasteiger partial charge in [0, 0.05) is 11.0 Å². The second-order valence-electron chi connectivity index (χ2n) is 4.55. The van der Waals surface area contributed by atoms with E-state index in [1.807, 2.05) is 0 Å². The Balaban J connectivity index is 2.27. The minimum absolute atomic E-state index is 0.191. The Bertz CT molecular complexity index is 621. The molecule has 0 spiro atoms. The van der Waals surface area contributed by atoms with Crippen LogP contribution in [-0.2, 0) is 19.1 Å². The molecule has 0 aliphatic carbocycles. The summed E-state index contributed by atoms with van der Waals surface area (Å²) in [7, 11) is 0. The molecule has 0 saturated heterocycles. The first-order valence-corrected chi connectivity index (χ1v) is 7.95. The lowest BCUT2D eigenvalue weighted by Gasteiger charge is -2.08. The zero-order valence-corrected chi connectivity index (χ0v) is 14.6. The Morgan fingerprint density at radius 2 is 1.71 bits per heavy atom. The van der Waals surface area contributed by atoms with Crippen molar-refractivity contribution < 1.29 is 23.9 Å². The highest BCUT2D eigenvalue weighted by atomic mass is 79.9. The van der Waals surface area contributed by atoms with Gasteiger partial charge in [-0.3, -0.25) is 19.2 Å². The van der Waals surface area contributed by atoms with E-state index in [1.54, 1.807) is 31.2 Å². The zero-order chi connectivity index (χ0) is 17.9. The number of rotatable bonds is 8. The molecule has 24 heavy (non-hydrogen) atoms. The molecule has 1 rings (SSSR count). The summed E-state index contributed by atoms with van der Waals surface area (Å²) in [5.74, 6) is -2.15. The number of nitrogens with one attached hydrogen (secondary N) is 3. The molecule has 0 radical (unpaired) electrons. The van der Waals surface area contributed by atoms with E-state index < -0.39 is 24.4 Å². The van der Waals surface area contributed by atoms with Crippen LogP contribution in [0.2, 0.25) is 0 Å². The van der Waals surface area contributed by atoms with Crippen LogP contribution in [-0.4, -0.2) is 49.9 Å². The number of halogens is 1. The molecule has 0 atom stereocenters. The Labute approximate surface area is 147 Å². The molecule has 130 valence electrons. The van der Waals surface area contributed by atoms with Crippen molar-refractivity contribution in [2.75, 3.05) is 26.2 Å². The number of likely N-dealkylation sites (N-methyl/N-ethyl adjacent to an activating group) is 1. The van der Waals surface area contributed by atoms with Crippen LogP contribution in [0.5, 0.6) is 0 Å².